The lowest BCUT2D eigenvalue weighted by molar-refractivity contribution is 0.0187. The van der Waals surface area contributed by atoms with Crippen LogP contribution in [0.1, 0.15) is 22.7 Å². The third kappa shape index (κ3) is 4.88. The van der Waals surface area contributed by atoms with Crippen LogP contribution in [0.2, 0.25) is 0 Å². The number of nitrogens with zero attached hydrogens (tertiary/aromatic N) is 2. The Labute approximate surface area is 165 Å². The summed E-state index contributed by atoms with van der Waals surface area (Å²) in [5, 5.41) is 17.9. The summed E-state index contributed by atoms with van der Waals surface area (Å²) in [7, 11) is -3.85. The fourth-order valence-corrected chi connectivity index (χ4v) is 3.83. The second-order valence-electron chi connectivity index (χ2n) is 6.82. The van der Waals surface area contributed by atoms with Gasteiger partial charge >= 0.3 is 0 Å². The van der Waals surface area contributed by atoms with E-state index in [2.05, 4.69) is 41.4 Å². The minimum atomic E-state index is -3.85. The van der Waals surface area contributed by atoms with Crippen LogP contribution in [-0.4, -0.2) is 46.2 Å². The number of nitriles is 1. The lowest BCUT2D eigenvalue weighted by Gasteiger charge is -2.35. The first-order valence-electron chi connectivity index (χ1n) is 9.07. The van der Waals surface area contributed by atoms with E-state index < -0.39 is 10.0 Å². The first-order valence-corrected chi connectivity index (χ1v) is 10.6. The zero-order chi connectivity index (χ0) is 20.1. The van der Waals surface area contributed by atoms with Crippen LogP contribution in [0, 0.1) is 18.3 Å². The average molecular weight is 401 g/mol. The smallest absolute Gasteiger partial charge is 0.238 e. The van der Waals surface area contributed by atoms with Crippen molar-refractivity contribution in [3.8, 4) is 6.07 Å². The molecule has 2 aromatic carbocycles. The van der Waals surface area contributed by atoms with Crippen molar-refractivity contribution in [2.24, 2.45) is 5.14 Å². The Balaban J connectivity index is 1.83. The second-order valence-corrected chi connectivity index (χ2v) is 8.38. The van der Waals surface area contributed by atoms with Crippen LogP contribution in [0.5, 0.6) is 0 Å². The highest BCUT2D eigenvalue weighted by molar-refractivity contribution is 7.89. The van der Waals surface area contributed by atoms with Crippen LogP contribution in [0.15, 0.2) is 47.4 Å². The topological polar surface area (TPSA) is 108 Å². The van der Waals surface area contributed by atoms with Gasteiger partial charge in [-0.05, 0) is 30.7 Å². The summed E-state index contributed by atoms with van der Waals surface area (Å²) >= 11 is 0. The summed E-state index contributed by atoms with van der Waals surface area (Å²) < 4.78 is 28.5. The van der Waals surface area contributed by atoms with Crippen LogP contribution in [0.4, 0.5) is 5.69 Å². The molecule has 3 N–H and O–H groups in total. The van der Waals surface area contributed by atoms with E-state index in [1.807, 2.05) is 6.07 Å². The van der Waals surface area contributed by atoms with Gasteiger partial charge in [0.1, 0.15) is 6.07 Å². The number of rotatable bonds is 6. The quantitative estimate of drug-likeness (QED) is 0.768. The van der Waals surface area contributed by atoms with Gasteiger partial charge in [0.15, 0.2) is 0 Å². The molecule has 148 valence electrons. The number of primary sulfonamides is 1. The molecule has 1 aliphatic heterocycles. The average Bonchev–Trinajstić information content (AvgIpc) is 2.69. The number of sulfonamides is 1. The molecule has 1 atom stereocenters. The Morgan fingerprint density at radius 1 is 1.21 bits per heavy atom. The minimum Gasteiger partial charge on any atom is -0.382 e. The number of ether oxygens (including phenoxy) is 1. The van der Waals surface area contributed by atoms with E-state index >= 15 is 0 Å². The number of aryl methyl sites for hydroxylation is 1. The fraction of sp³-hybridized carbons (Fsp3) is 0.350. The van der Waals surface area contributed by atoms with Gasteiger partial charge in [-0.1, -0.05) is 29.8 Å². The van der Waals surface area contributed by atoms with Crippen molar-refractivity contribution in [2.75, 3.05) is 38.2 Å². The largest absolute Gasteiger partial charge is 0.382 e. The van der Waals surface area contributed by atoms with Gasteiger partial charge in [-0.2, -0.15) is 5.26 Å². The number of nitrogens with two attached hydrogens (primary N) is 1. The molecule has 7 nitrogen and oxygen atoms in total. The van der Waals surface area contributed by atoms with Crippen molar-refractivity contribution in [2.45, 2.75) is 17.9 Å². The Kier molecular flexibility index (Phi) is 6.31. The van der Waals surface area contributed by atoms with Gasteiger partial charge in [0, 0.05) is 19.6 Å². The molecule has 0 aromatic heterocycles. The molecule has 0 bridgehead atoms. The number of anilines is 1. The molecule has 1 heterocycles. The van der Waals surface area contributed by atoms with Gasteiger partial charge in [-0.3, -0.25) is 4.90 Å². The predicted octanol–water partition coefficient (Wildman–Crippen LogP) is 2.00. The van der Waals surface area contributed by atoms with Crippen LogP contribution in [0.3, 0.4) is 0 Å². The van der Waals surface area contributed by atoms with Crippen molar-refractivity contribution in [1.29, 1.82) is 5.26 Å². The lowest BCUT2D eigenvalue weighted by atomic mass is 10.0. The summed E-state index contributed by atoms with van der Waals surface area (Å²) in [5.74, 6) is 0. The number of hydrogen-bond acceptors (Lipinski definition) is 6. The van der Waals surface area contributed by atoms with Crippen LogP contribution in [0.25, 0.3) is 0 Å². The molecule has 2 aromatic rings. The monoisotopic (exact) mass is 400 g/mol. The Hall–Kier alpha value is -2.44. The summed E-state index contributed by atoms with van der Waals surface area (Å²) in [6.45, 7) is 5.67. The first kappa shape index (κ1) is 20.3. The van der Waals surface area contributed by atoms with Crippen LogP contribution < -0.4 is 10.5 Å². The zero-order valence-corrected chi connectivity index (χ0v) is 16.6. The number of benzene rings is 2. The van der Waals surface area contributed by atoms with Crippen LogP contribution in [-0.2, 0) is 14.8 Å². The van der Waals surface area contributed by atoms with Crippen LogP contribution >= 0.6 is 0 Å². The van der Waals surface area contributed by atoms with Crippen molar-refractivity contribution >= 4 is 15.7 Å². The third-order valence-electron chi connectivity index (χ3n) is 4.87. The van der Waals surface area contributed by atoms with E-state index in [1.165, 1.54) is 23.3 Å². The van der Waals surface area contributed by atoms with E-state index in [1.54, 1.807) is 6.07 Å². The molecule has 0 amide bonds. The van der Waals surface area contributed by atoms with Crippen molar-refractivity contribution in [1.82, 2.24) is 4.90 Å². The maximum atomic E-state index is 11.5. The molecular formula is C20H24N4O3S. The number of morpholine rings is 1. The molecule has 1 fully saturated rings. The van der Waals surface area contributed by atoms with Gasteiger partial charge < -0.3 is 10.1 Å². The summed E-state index contributed by atoms with van der Waals surface area (Å²) in [4.78, 5) is 2.28. The van der Waals surface area contributed by atoms with Gasteiger partial charge in [0.2, 0.25) is 10.0 Å². The second kappa shape index (κ2) is 8.71. The van der Waals surface area contributed by atoms with Gasteiger partial charge in [0.05, 0.1) is 35.4 Å². The molecule has 0 spiro atoms. The Morgan fingerprint density at radius 3 is 2.50 bits per heavy atom. The molecule has 0 aliphatic carbocycles. The van der Waals surface area contributed by atoms with Gasteiger partial charge in [-0.25, -0.2) is 13.6 Å². The molecule has 28 heavy (non-hydrogen) atoms. The normalized spacial score (nSPS) is 16.3. The Bertz CT molecular complexity index is 962. The first-order chi connectivity index (χ1) is 13.4. The fourth-order valence-electron chi connectivity index (χ4n) is 3.29. The minimum absolute atomic E-state index is 0.0714. The highest BCUT2D eigenvalue weighted by Crippen LogP contribution is 2.25. The lowest BCUT2D eigenvalue weighted by Crippen LogP contribution is -2.41. The Morgan fingerprint density at radius 2 is 1.89 bits per heavy atom. The maximum absolute atomic E-state index is 11.5. The summed E-state index contributed by atoms with van der Waals surface area (Å²) in [5.41, 5.74) is 3.21. The molecule has 3 rings (SSSR count). The molecular weight excluding hydrogens is 376 g/mol. The molecule has 0 radical (unpaired) electrons. The van der Waals surface area contributed by atoms with Crippen molar-refractivity contribution < 1.29 is 13.2 Å². The van der Waals surface area contributed by atoms with E-state index in [0.29, 0.717) is 25.4 Å². The SMILES string of the molecule is Cc1ccc(C(CNc2ccc(S(N)(=O)=O)cc2C#N)N2CCOCC2)cc1. The van der Waals surface area contributed by atoms with Gasteiger partial charge in [0.25, 0.3) is 0 Å². The van der Waals surface area contributed by atoms with E-state index in [0.717, 1.165) is 13.1 Å². The van der Waals surface area contributed by atoms with E-state index in [4.69, 9.17) is 9.88 Å². The summed E-state index contributed by atoms with van der Waals surface area (Å²) in [6.07, 6.45) is 0. The maximum Gasteiger partial charge on any atom is 0.238 e. The van der Waals surface area contributed by atoms with Crippen molar-refractivity contribution in [3.05, 3.63) is 59.2 Å². The van der Waals surface area contributed by atoms with E-state index in [9.17, 15) is 13.7 Å². The molecule has 0 saturated carbocycles. The van der Waals surface area contributed by atoms with Gasteiger partial charge in [-0.15, -0.1) is 0 Å². The molecule has 1 saturated heterocycles. The highest BCUT2D eigenvalue weighted by atomic mass is 32.2. The van der Waals surface area contributed by atoms with E-state index in [-0.39, 0.29) is 16.5 Å². The number of hydrogen-bond donors (Lipinski definition) is 2. The zero-order valence-electron chi connectivity index (χ0n) is 15.8. The number of nitrogens with one attached hydrogen (secondary N) is 1. The molecule has 8 heteroatoms. The predicted molar refractivity (Wildman–Crippen MR) is 107 cm³/mol. The summed E-state index contributed by atoms with van der Waals surface area (Å²) in [6, 6.07) is 14.9. The molecule has 1 unspecified atom stereocenters. The highest BCUT2D eigenvalue weighted by Gasteiger charge is 2.23. The molecule has 1 aliphatic rings. The third-order valence-corrected chi connectivity index (χ3v) is 5.79. The van der Waals surface area contributed by atoms with Crippen molar-refractivity contribution in [3.63, 3.8) is 0 Å². The standard InChI is InChI=1S/C20H24N4O3S/c1-15-2-4-16(5-3-15)20(24-8-10-27-11-9-24)14-23-19-7-6-18(28(22,25)26)12-17(19)13-21/h2-7,12,20,23H,8-11,14H2,1H3,(H2,22,25,26).